The lowest BCUT2D eigenvalue weighted by atomic mass is 10.1. The van der Waals surface area contributed by atoms with Crippen LogP contribution in [0.3, 0.4) is 0 Å². The maximum absolute atomic E-state index is 13.7. The van der Waals surface area contributed by atoms with Gasteiger partial charge in [-0.3, -0.25) is 4.79 Å². The van der Waals surface area contributed by atoms with Crippen molar-refractivity contribution in [1.82, 2.24) is 0 Å². The molecule has 0 aromatic heterocycles. The SMILES string of the molecule is Cc1ccc(CNc2cc(C(N)=O)cc(F)c2C)cc1. The third-order valence-corrected chi connectivity index (χ3v) is 3.23. The number of rotatable bonds is 4. The topological polar surface area (TPSA) is 55.1 Å². The fraction of sp³-hybridized carbons (Fsp3) is 0.188. The van der Waals surface area contributed by atoms with E-state index < -0.39 is 11.7 Å². The Hall–Kier alpha value is -2.36. The van der Waals surface area contributed by atoms with Gasteiger partial charge in [0.2, 0.25) is 5.91 Å². The van der Waals surface area contributed by atoms with E-state index in [4.69, 9.17) is 5.73 Å². The molecule has 2 rings (SSSR count). The van der Waals surface area contributed by atoms with Crippen molar-refractivity contribution in [1.29, 1.82) is 0 Å². The Morgan fingerprint density at radius 3 is 2.45 bits per heavy atom. The van der Waals surface area contributed by atoms with Gasteiger partial charge >= 0.3 is 0 Å². The molecule has 104 valence electrons. The summed E-state index contributed by atoms with van der Waals surface area (Å²) in [4.78, 5) is 11.2. The number of hydrogen-bond acceptors (Lipinski definition) is 2. The van der Waals surface area contributed by atoms with Crippen molar-refractivity contribution in [2.75, 3.05) is 5.32 Å². The molecule has 0 saturated carbocycles. The Bertz CT molecular complexity index is 636. The second-order valence-electron chi connectivity index (χ2n) is 4.83. The number of primary amides is 1. The summed E-state index contributed by atoms with van der Waals surface area (Å²) in [6.07, 6.45) is 0. The number of hydrogen-bond donors (Lipinski definition) is 2. The Labute approximate surface area is 117 Å². The smallest absolute Gasteiger partial charge is 0.248 e. The second kappa shape index (κ2) is 5.74. The summed E-state index contributed by atoms with van der Waals surface area (Å²) in [7, 11) is 0. The number of amides is 1. The molecule has 3 nitrogen and oxygen atoms in total. The zero-order valence-electron chi connectivity index (χ0n) is 11.5. The zero-order chi connectivity index (χ0) is 14.7. The first-order chi connectivity index (χ1) is 9.47. The van der Waals surface area contributed by atoms with Gasteiger partial charge in [-0.15, -0.1) is 0 Å². The second-order valence-corrected chi connectivity index (χ2v) is 4.83. The predicted molar refractivity (Wildman–Crippen MR) is 78.2 cm³/mol. The molecule has 0 aliphatic carbocycles. The van der Waals surface area contributed by atoms with E-state index in [-0.39, 0.29) is 5.56 Å². The molecule has 2 aromatic carbocycles. The van der Waals surface area contributed by atoms with Crippen molar-refractivity contribution >= 4 is 11.6 Å². The van der Waals surface area contributed by atoms with Crippen LogP contribution in [0.15, 0.2) is 36.4 Å². The van der Waals surface area contributed by atoms with Gasteiger partial charge < -0.3 is 11.1 Å². The van der Waals surface area contributed by atoms with Crippen LogP contribution >= 0.6 is 0 Å². The quantitative estimate of drug-likeness (QED) is 0.898. The van der Waals surface area contributed by atoms with E-state index >= 15 is 0 Å². The van der Waals surface area contributed by atoms with Gasteiger partial charge in [0.15, 0.2) is 0 Å². The molecule has 0 aliphatic heterocycles. The van der Waals surface area contributed by atoms with Crippen LogP contribution in [0.4, 0.5) is 10.1 Å². The summed E-state index contributed by atoms with van der Waals surface area (Å²) in [6.45, 7) is 4.24. The van der Waals surface area contributed by atoms with Gasteiger partial charge in [-0.05, 0) is 31.5 Å². The van der Waals surface area contributed by atoms with Crippen LogP contribution in [0.2, 0.25) is 0 Å². The van der Waals surface area contributed by atoms with E-state index in [0.29, 0.717) is 17.8 Å². The van der Waals surface area contributed by atoms with Crippen LogP contribution in [0.5, 0.6) is 0 Å². The fourth-order valence-electron chi connectivity index (χ4n) is 1.91. The lowest BCUT2D eigenvalue weighted by molar-refractivity contribution is 0.1000. The minimum absolute atomic E-state index is 0.166. The number of anilines is 1. The molecular weight excluding hydrogens is 255 g/mol. The molecule has 1 amide bonds. The van der Waals surface area contributed by atoms with Crippen LogP contribution in [0.25, 0.3) is 0 Å². The molecule has 0 saturated heterocycles. The minimum Gasteiger partial charge on any atom is -0.381 e. The fourth-order valence-corrected chi connectivity index (χ4v) is 1.91. The lowest BCUT2D eigenvalue weighted by Crippen LogP contribution is -2.13. The van der Waals surface area contributed by atoms with Crippen molar-refractivity contribution < 1.29 is 9.18 Å². The number of aryl methyl sites for hydroxylation is 1. The highest BCUT2D eigenvalue weighted by molar-refractivity contribution is 5.94. The third-order valence-electron chi connectivity index (χ3n) is 3.23. The Morgan fingerprint density at radius 1 is 1.20 bits per heavy atom. The minimum atomic E-state index is -0.637. The molecule has 0 spiro atoms. The first-order valence-corrected chi connectivity index (χ1v) is 6.36. The number of nitrogens with one attached hydrogen (secondary N) is 1. The van der Waals surface area contributed by atoms with Gasteiger partial charge in [0.05, 0.1) is 0 Å². The van der Waals surface area contributed by atoms with E-state index in [1.165, 1.54) is 5.56 Å². The highest BCUT2D eigenvalue weighted by Gasteiger charge is 2.10. The van der Waals surface area contributed by atoms with Crippen LogP contribution in [-0.2, 0) is 6.54 Å². The summed E-state index contributed by atoms with van der Waals surface area (Å²) in [5, 5.41) is 3.14. The van der Waals surface area contributed by atoms with Gasteiger partial charge in [-0.1, -0.05) is 29.8 Å². The van der Waals surface area contributed by atoms with E-state index in [2.05, 4.69) is 5.32 Å². The molecule has 0 fully saturated rings. The van der Waals surface area contributed by atoms with Crippen molar-refractivity contribution in [3.8, 4) is 0 Å². The first kappa shape index (κ1) is 14.1. The molecule has 0 atom stereocenters. The molecule has 0 heterocycles. The van der Waals surface area contributed by atoms with Crippen LogP contribution in [-0.4, -0.2) is 5.91 Å². The first-order valence-electron chi connectivity index (χ1n) is 6.36. The zero-order valence-corrected chi connectivity index (χ0v) is 11.5. The van der Waals surface area contributed by atoms with Crippen molar-refractivity contribution in [2.45, 2.75) is 20.4 Å². The van der Waals surface area contributed by atoms with Crippen molar-refractivity contribution in [2.24, 2.45) is 5.73 Å². The average Bonchev–Trinajstić information content (AvgIpc) is 2.42. The van der Waals surface area contributed by atoms with Crippen LogP contribution in [0.1, 0.15) is 27.0 Å². The number of benzene rings is 2. The van der Waals surface area contributed by atoms with Gasteiger partial charge in [0.25, 0.3) is 0 Å². The highest BCUT2D eigenvalue weighted by Crippen LogP contribution is 2.21. The summed E-state index contributed by atoms with van der Waals surface area (Å²) < 4.78 is 13.7. The van der Waals surface area contributed by atoms with Crippen molar-refractivity contribution in [3.63, 3.8) is 0 Å². The van der Waals surface area contributed by atoms with Crippen molar-refractivity contribution in [3.05, 3.63) is 64.5 Å². The average molecular weight is 272 g/mol. The molecule has 0 aliphatic rings. The van der Waals surface area contributed by atoms with Gasteiger partial charge in [-0.25, -0.2) is 4.39 Å². The van der Waals surface area contributed by atoms with E-state index in [1.807, 2.05) is 31.2 Å². The van der Waals surface area contributed by atoms with Gasteiger partial charge in [0, 0.05) is 23.4 Å². The number of halogens is 1. The molecular formula is C16H17FN2O. The molecule has 0 bridgehead atoms. The normalized spacial score (nSPS) is 10.3. The van der Waals surface area contributed by atoms with E-state index in [9.17, 15) is 9.18 Å². The molecule has 20 heavy (non-hydrogen) atoms. The summed E-state index contributed by atoms with van der Waals surface area (Å²) in [6, 6.07) is 10.8. The molecule has 4 heteroatoms. The molecule has 3 N–H and O–H groups in total. The van der Waals surface area contributed by atoms with Crippen LogP contribution in [0, 0.1) is 19.7 Å². The maximum Gasteiger partial charge on any atom is 0.248 e. The lowest BCUT2D eigenvalue weighted by Gasteiger charge is -2.12. The number of nitrogens with two attached hydrogens (primary N) is 1. The van der Waals surface area contributed by atoms with Gasteiger partial charge in [-0.2, -0.15) is 0 Å². The number of carbonyl (C=O) groups is 1. The van der Waals surface area contributed by atoms with E-state index in [1.54, 1.807) is 13.0 Å². The maximum atomic E-state index is 13.7. The molecule has 2 aromatic rings. The molecule has 0 radical (unpaired) electrons. The molecule has 0 unspecified atom stereocenters. The van der Waals surface area contributed by atoms with Gasteiger partial charge in [0.1, 0.15) is 5.82 Å². The predicted octanol–water partition coefficient (Wildman–Crippen LogP) is 3.15. The Kier molecular flexibility index (Phi) is 4.03. The summed E-state index contributed by atoms with van der Waals surface area (Å²) >= 11 is 0. The monoisotopic (exact) mass is 272 g/mol. The standard InChI is InChI=1S/C16H17FN2O/c1-10-3-5-12(6-4-10)9-19-15-8-13(16(18)20)7-14(17)11(15)2/h3-8,19H,9H2,1-2H3,(H2,18,20). The Balaban J connectivity index is 2.20. The summed E-state index contributed by atoms with van der Waals surface area (Å²) in [5.41, 5.74) is 8.69. The third kappa shape index (κ3) is 3.15. The number of carbonyl (C=O) groups excluding carboxylic acids is 1. The van der Waals surface area contributed by atoms with Crippen LogP contribution < -0.4 is 11.1 Å². The Morgan fingerprint density at radius 2 is 1.85 bits per heavy atom. The van der Waals surface area contributed by atoms with E-state index in [0.717, 1.165) is 11.6 Å². The summed E-state index contributed by atoms with van der Waals surface area (Å²) in [5.74, 6) is -1.07. The highest BCUT2D eigenvalue weighted by atomic mass is 19.1. The largest absolute Gasteiger partial charge is 0.381 e.